The summed E-state index contributed by atoms with van der Waals surface area (Å²) in [4.78, 5) is 12.2. The fraction of sp³-hybridized carbons (Fsp3) is 0.606. The van der Waals surface area contributed by atoms with Gasteiger partial charge in [-0.25, -0.2) is 0 Å². The molecule has 0 bridgehead atoms. The Kier molecular flexibility index (Phi) is 13.9. The Bertz CT molecular complexity index is 1650. The number of aliphatic hydroxyl groups is 9. The lowest BCUT2D eigenvalue weighted by Gasteiger charge is -2.48. The number of benzene rings is 2. The molecule has 8 unspecified atom stereocenters. The number of aromatic hydroxyl groups is 4. The first-order chi connectivity index (χ1) is 26.4. The monoisotopic (exact) mass is 805 g/mol. The van der Waals surface area contributed by atoms with E-state index in [1.807, 2.05) is 0 Å². The highest BCUT2D eigenvalue weighted by Gasteiger charge is 2.52. The first kappa shape index (κ1) is 43.6. The second-order valence-corrected chi connectivity index (χ2v) is 13.5. The highest BCUT2D eigenvalue weighted by molar-refractivity contribution is 6.05. The third-order valence-corrected chi connectivity index (χ3v) is 9.78. The Morgan fingerprint density at radius 1 is 0.607 bits per heavy atom. The Labute approximate surface area is 316 Å². The molecule has 0 aromatic heterocycles. The van der Waals surface area contributed by atoms with Crippen LogP contribution in [0.1, 0.15) is 22.0 Å². The van der Waals surface area contributed by atoms with Crippen LogP contribution in [0.4, 0.5) is 0 Å². The number of ether oxygens (including phenoxy) is 6. The van der Waals surface area contributed by atoms with Gasteiger partial charge in [0, 0.05) is 12.1 Å². The molecule has 0 amide bonds. The van der Waals surface area contributed by atoms with Crippen LogP contribution in [0.25, 0.3) is 0 Å². The number of phenols is 4. The van der Waals surface area contributed by atoms with E-state index in [4.69, 9.17) is 45.6 Å². The summed E-state index contributed by atoms with van der Waals surface area (Å²) < 4.78 is 32.9. The third-order valence-electron chi connectivity index (χ3n) is 9.78. The second-order valence-electron chi connectivity index (χ2n) is 13.5. The lowest BCUT2D eigenvalue weighted by Crippen LogP contribution is -2.69. The van der Waals surface area contributed by atoms with E-state index >= 15 is 0 Å². The second kappa shape index (κ2) is 17.9. The topological polar surface area (TPSA) is 414 Å². The molecule has 0 spiro atoms. The fourth-order valence-electron chi connectivity index (χ4n) is 6.57. The lowest BCUT2D eigenvalue weighted by molar-refractivity contribution is -0.348. The standard InChI is InChI=1S/C18H35N3O13.C15H12O7/c19-7-12(27)14(5(2-23)30-16(7)29)33-18-9(21)13(28)15(6(3-24)32-18)34-17-8(20)11(26)10(25)4(1-22)31-17;16-7-4-10(19)12-11(5-7)22-15(14(21)13(12)20)6-1-2-8(17)9(18)3-6/h4-18,22-29H,1-3,19-21H2;1-5,14-19,21H/t4-,5-,6-,7?,8-,9?,10-,11-,12?,13-,14?,15?,16?,17+,18+;/m1./s1. The van der Waals surface area contributed by atoms with Crippen LogP contribution in [0, 0.1) is 0 Å². The minimum Gasteiger partial charge on any atom is -0.508 e. The number of aliphatic hydroxyl groups excluding tert-OH is 9. The number of nitrogens with two attached hydrogens (primary N) is 3. The number of rotatable bonds is 8. The summed E-state index contributed by atoms with van der Waals surface area (Å²) in [6.45, 7) is -2.00. The molecule has 17 atom stereocenters. The minimum absolute atomic E-state index is 0.0784. The summed E-state index contributed by atoms with van der Waals surface area (Å²) >= 11 is 0. The lowest BCUT2D eigenvalue weighted by atomic mass is 9.92. The Balaban J connectivity index is 0.000000234. The Hall–Kier alpha value is -3.57. The zero-order valence-electron chi connectivity index (χ0n) is 29.2. The van der Waals surface area contributed by atoms with Crippen LogP contribution >= 0.6 is 0 Å². The van der Waals surface area contributed by atoms with E-state index in [9.17, 15) is 71.2 Å². The predicted molar refractivity (Wildman–Crippen MR) is 180 cm³/mol. The molecule has 0 aliphatic carbocycles. The Morgan fingerprint density at radius 3 is 1.71 bits per heavy atom. The number of Topliss-reactive ketones (excluding diaryl/α,β-unsaturated/α-hetero) is 1. The molecule has 56 heavy (non-hydrogen) atoms. The highest BCUT2D eigenvalue weighted by Crippen LogP contribution is 2.43. The summed E-state index contributed by atoms with van der Waals surface area (Å²) in [5, 5.41) is 128. The normalized spacial score (nSPS) is 39.9. The van der Waals surface area contributed by atoms with Crippen molar-refractivity contribution in [3.63, 3.8) is 0 Å². The number of ketones is 1. The van der Waals surface area contributed by atoms with Crippen molar-refractivity contribution in [3.05, 3.63) is 41.5 Å². The van der Waals surface area contributed by atoms with E-state index in [1.54, 1.807) is 0 Å². The zero-order valence-corrected chi connectivity index (χ0v) is 29.2. The van der Waals surface area contributed by atoms with E-state index in [2.05, 4.69) is 0 Å². The van der Waals surface area contributed by atoms with E-state index in [0.29, 0.717) is 0 Å². The molecule has 314 valence electrons. The van der Waals surface area contributed by atoms with Crippen LogP contribution in [0.15, 0.2) is 30.3 Å². The summed E-state index contributed by atoms with van der Waals surface area (Å²) in [5.41, 5.74) is 17.6. The maximum absolute atomic E-state index is 12.2. The van der Waals surface area contributed by atoms with Crippen LogP contribution in [-0.4, -0.2) is 190 Å². The number of hydrogen-bond donors (Lipinski definition) is 16. The van der Waals surface area contributed by atoms with Crippen LogP contribution in [-0.2, 0) is 23.7 Å². The van der Waals surface area contributed by atoms with Gasteiger partial charge in [-0.05, 0) is 17.7 Å². The molecule has 2 aromatic carbocycles. The molecule has 2 aromatic rings. The molecule has 19 N–H and O–H groups in total. The first-order valence-corrected chi connectivity index (χ1v) is 17.2. The van der Waals surface area contributed by atoms with Crippen molar-refractivity contribution < 1.29 is 99.6 Å². The number of hydrogen-bond acceptors (Lipinski definition) is 23. The zero-order chi connectivity index (χ0) is 41.3. The van der Waals surface area contributed by atoms with E-state index in [0.717, 1.165) is 18.2 Å². The van der Waals surface area contributed by atoms with Gasteiger partial charge in [0.2, 0.25) is 5.78 Å². The molecule has 3 fully saturated rings. The quantitative estimate of drug-likeness (QED) is 0.110. The van der Waals surface area contributed by atoms with Crippen LogP contribution in [0.5, 0.6) is 28.7 Å². The van der Waals surface area contributed by atoms with Gasteiger partial charge in [-0.15, -0.1) is 0 Å². The fourth-order valence-corrected chi connectivity index (χ4v) is 6.57. The molecule has 23 nitrogen and oxygen atoms in total. The SMILES string of the molecule is NC1C(O)O[C@H](CO)C(O[C@@H]2O[C@H](CO)C(O[C@@H]3O[C@H](CO)[C@@H](O)[C@H](O)[C@H]3N)[C@H](O)C2N)C1O.O=C1c2c(O)cc(O)cc2OC(c2ccc(O)c(O)c2)C1O. The molecule has 3 saturated heterocycles. The largest absolute Gasteiger partial charge is 0.508 e. The smallest absolute Gasteiger partial charge is 0.202 e. The number of fused-ring (bicyclic) bond motifs is 1. The average molecular weight is 806 g/mol. The van der Waals surface area contributed by atoms with Gasteiger partial charge in [0.15, 0.2) is 42.6 Å². The molecule has 4 aliphatic rings. The number of phenolic OH excluding ortho intramolecular Hbond substituents is 4. The molecule has 0 saturated carbocycles. The van der Waals surface area contributed by atoms with Crippen molar-refractivity contribution in [1.29, 1.82) is 0 Å². The van der Waals surface area contributed by atoms with Crippen molar-refractivity contribution in [2.75, 3.05) is 19.8 Å². The summed E-state index contributed by atoms with van der Waals surface area (Å²) in [6, 6.07) is 1.97. The summed E-state index contributed by atoms with van der Waals surface area (Å²) in [5.74, 6) is -2.41. The first-order valence-electron chi connectivity index (χ1n) is 17.2. The van der Waals surface area contributed by atoms with Gasteiger partial charge < -0.3 is 112 Å². The number of carbonyl (C=O) groups is 1. The van der Waals surface area contributed by atoms with E-state index in [1.165, 1.54) is 12.1 Å². The van der Waals surface area contributed by atoms with E-state index in [-0.39, 0.29) is 28.4 Å². The van der Waals surface area contributed by atoms with Gasteiger partial charge in [-0.1, -0.05) is 6.07 Å². The van der Waals surface area contributed by atoms with Gasteiger partial charge in [0.25, 0.3) is 0 Å². The van der Waals surface area contributed by atoms with Gasteiger partial charge in [0.1, 0.15) is 77.7 Å². The van der Waals surface area contributed by atoms with Gasteiger partial charge >= 0.3 is 0 Å². The predicted octanol–water partition coefficient (Wildman–Crippen LogP) is -6.49. The van der Waals surface area contributed by atoms with Crippen molar-refractivity contribution in [3.8, 4) is 28.7 Å². The molecular weight excluding hydrogens is 758 g/mol. The molecule has 6 rings (SSSR count). The Morgan fingerprint density at radius 2 is 1.14 bits per heavy atom. The van der Waals surface area contributed by atoms with Crippen molar-refractivity contribution in [2.45, 2.75) is 104 Å². The van der Waals surface area contributed by atoms with Crippen molar-refractivity contribution >= 4 is 5.78 Å². The van der Waals surface area contributed by atoms with Crippen molar-refractivity contribution in [1.82, 2.24) is 0 Å². The molecule has 0 radical (unpaired) electrons. The van der Waals surface area contributed by atoms with Gasteiger partial charge in [0.05, 0.1) is 37.9 Å². The molecule has 23 heteroatoms. The molecular formula is C33H47N3O20. The third kappa shape index (κ3) is 8.64. The van der Waals surface area contributed by atoms with E-state index < -0.39 is 141 Å². The van der Waals surface area contributed by atoms with Crippen LogP contribution < -0.4 is 21.9 Å². The van der Waals surface area contributed by atoms with Gasteiger partial charge in [-0.3, -0.25) is 4.79 Å². The molecule has 4 aliphatic heterocycles. The number of carbonyl (C=O) groups excluding carboxylic acids is 1. The van der Waals surface area contributed by atoms with Crippen LogP contribution in [0.2, 0.25) is 0 Å². The summed E-state index contributed by atoms with van der Waals surface area (Å²) in [7, 11) is 0. The van der Waals surface area contributed by atoms with Crippen molar-refractivity contribution in [2.24, 2.45) is 17.2 Å². The molecule has 4 heterocycles. The van der Waals surface area contributed by atoms with Gasteiger partial charge in [-0.2, -0.15) is 0 Å². The highest BCUT2D eigenvalue weighted by atomic mass is 16.7. The maximum atomic E-state index is 12.2. The maximum Gasteiger partial charge on any atom is 0.202 e. The summed E-state index contributed by atoms with van der Waals surface area (Å²) in [6.07, 6.45) is -19.5. The average Bonchev–Trinajstić information content (AvgIpc) is 3.16. The van der Waals surface area contributed by atoms with Crippen LogP contribution in [0.3, 0.4) is 0 Å². The minimum atomic E-state index is -1.60.